The molecule has 1 unspecified atom stereocenters. The number of nitrogens with one attached hydrogen (secondary N) is 1. The maximum atomic E-state index is 14.2. The van der Waals surface area contributed by atoms with Crippen LogP contribution in [0.3, 0.4) is 0 Å². The first kappa shape index (κ1) is 23.2. The van der Waals surface area contributed by atoms with Crippen molar-refractivity contribution in [3.8, 4) is 0 Å². The molecule has 0 heterocycles. The van der Waals surface area contributed by atoms with Crippen molar-refractivity contribution in [2.24, 2.45) is 5.92 Å². The Morgan fingerprint density at radius 1 is 1.03 bits per heavy atom. The summed E-state index contributed by atoms with van der Waals surface area (Å²) >= 11 is 12.3. The number of rotatable bonds is 8. The van der Waals surface area contributed by atoms with Crippen molar-refractivity contribution in [1.82, 2.24) is 10.2 Å². The zero-order valence-corrected chi connectivity index (χ0v) is 18.2. The Labute approximate surface area is 181 Å². The third kappa shape index (κ3) is 6.44. The summed E-state index contributed by atoms with van der Waals surface area (Å²) in [6.07, 6.45) is -0.252. The number of hydrogen-bond acceptors (Lipinski definition) is 2. The molecule has 0 aliphatic rings. The van der Waals surface area contributed by atoms with Gasteiger partial charge in [0.25, 0.3) is 0 Å². The van der Waals surface area contributed by atoms with Crippen molar-refractivity contribution in [2.75, 3.05) is 6.54 Å². The third-order valence-corrected chi connectivity index (χ3v) is 5.26. The minimum absolute atomic E-state index is 0.109. The van der Waals surface area contributed by atoms with Gasteiger partial charge in [0.2, 0.25) is 11.8 Å². The van der Waals surface area contributed by atoms with Gasteiger partial charge in [-0.3, -0.25) is 9.59 Å². The number of hydrogen-bond donors (Lipinski definition) is 1. The molecule has 2 aromatic rings. The van der Waals surface area contributed by atoms with Gasteiger partial charge in [-0.05, 0) is 36.6 Å². The predicted molar refractivity (Wildman–Crippen MR) is 114 cm³/mol. The number of halogens is 3. The number of nitrogens with zero attached hydrogens (tertiary/aromatic N) is 1. The fourth-order valence-electron chi connectivity index (χ4n) is 2.80. The highest BCUT2D eigenvalue weighted by Crippen LogP contribution is 2.23. The van der Waals surface area contributed by atoms with E-state index in [1.165, 1.54) is 23.1 Å². The van der Waals surface area contributed by atoms with Crippen LogP contribution in [-0.2, 0) is 22.6 Å². The molecule has 156 valence electrons. The number of carbonyl (C=O) groups excluding carboxylic acids is 2. The average Bonchev–Trinajstić information content (AvgIpc) is 2.67. The molecule has 2 rings (SSSR count). The highest BCUT2D eigenvalue weighted by atomic mass is 35.5. The lowest BCUT2D eigenvalue weighted by Gasteiger charge is -2.29. The van der Waals surface area contributed by atoms with Crippen LogP contribution in [-0.4, -0.2) is 29.3 Å². The zero-order chi connectivity index (χ0) is 21.6. The summed E-state index contributed by atoms with van der Waals surface area (Å²) < 4.78 is 14.2. The van der Waals surface area contributed by atoms with Crippen molar-refractivity contribution >= 4 is 35.0 Å². The molecule has 0 saturated heterocycles. The predicted octanol–water partition coefficient (Wildman–Crippen LogP) is 4.86. The molecule has 2 amide bonds. The lowest BCUT2D eigenvalue weighted by Crippen LogP contribution is -2.48. The smallest absolute Gasteiger partial charge is 0.242 e. The Hall–Kier alpha value is -2.11. The standard InChI is InChI=1S/C22H25Cl2FN2O2/c1-14(2)12-26-22(29)15(3)27(13-16-7-4-5-8-18(16)23)21(28)11-17-19(24)9-6-10-20(17)25/h4-10,14-15H,11-13H2,1-3H3,(H,26,29). The van der Waals surface area contributed by atoms with Crippen molar-refractivity contribution in [2.45, 2.75) is 39.8 Å². The van der Waals surface area contributed by atoms with Gasteiger partial charge in [-0.25, -0.2) is 4.39 Å². The maximum Gasteiger partial charge on any atom is 0.242 e. The van der Waals surface area contributed by atoms with E-state index in [0.29, 0.717) is 17.1 Å². The summed E-state index contributed by atoms with van der Waals surface area (Å²) in [5.41, 5.74) is 0.809. The Kier molecular flexibility index (Phi) is 8.47. The van der Waals surface area contributed by atoms with Crippen LogP contribution in [0.5, 0.6) is 0 Å². The number of carbonyl (C=O) groups is 2. The SMILES string of the molecule is CC(C)CNC(=O)C(C)N(Cc1ccccc1Cl)C(=O)Cc1c(F)cccc1Cl. The summed E-state index contributed by atoms with van der Waals surface area (Å²) in [5, 5.41) is 3.50. The first-order valence-corrected chi connectivity index (χ1v) is 10.2. The largest absolute Gasteiger partial charge is 0.354 e. The molecule has 29 heavy (non-hydrogen) atoms. The average molecular weight is 439 g/mol. The fraction of sp³-hybridized carbons (Fsp3) is 0.364. The fourth-order valence-corrected chi connectivity index (χ4v) is 3.22. The topological polar surface area (TPSA) is 49.4 Å². The Morgan fingerprint density at radius 3 is 2.31 bits per heavy atom. The molecule has 4 nitrogen and oxygen atoms in total. The quantitative estimate of drug-likeness (QED) is 0.639. The summed E-state index contributed by atoms with van der Waals surface area (Å²) in [6.45, 7) is 6.24. The second kappa shape index (κ2) is 10.6. The zero-order valence-electron chi connectivity index (χ0n) is 16.7. The molecule has 0 fully saturated rings. The summed E-state index contributed by atoms with van der Waals surface area (Å²) in [6, 6.07) is 10.6. The normalized spacial score (nSPS) is 12.0. The van der Waals surface area contributed by atoms with Crippen molar-refractivity contribution in [3.63, 3.8) is 0 Å². The van der Waals surface area contributed by atoms with E-state index in [1.54, 1.807) is 31.2 Å². The van der Waals surface area contributed by atoms with Crippen LogP contribution in [0.1, 0.15) is 31.9 Å². The van der Waals surface area contributed by atoms with E-state index in [-0.39, 0.29) is 35.4 Å². The van der Waals surface area contributed by atoms with Gasteiger partial charge < -0.3 is 10.2 Å². The van der Waals surface area contributed by atoms with Crippen molar-refractivity contribution in [1.29, 1.82) is 0 Å². The third-order valence-electron chi connectivity index (χ3n) is 4.54. The van der Waals surface area contributed by atoms with Crippen LogP contribution < -0.4 is 5.32 Å². The van der Waals surface area contributed by atoms with E-state index in [9.17, 15) is 14.0 Å². The molecule has 0 aromatic heterocycles. The van der Waals surface area contributed by atoms with E-state index in [1.807, 2.05) is 13.8 Å². The molecule has 0 saturated carbocycles. The molecule has 0 bridgehead atoms. The highest BCUT2D eigenvalue weighted by molar-refractivity contribution is 6.31. The molecule has 1 atom stereocenters. The molecular formula is C22H25Cl2FN2O2. The number of benzene rings is 2. The number of amides is 2. The first-order chi connectivity index (χ1) is 13.7. The van der Waals surface area contributed by atoms with Gasteiger partial charge in [-0.1, -0.05) is 61.3 Å². The van der Waals surface area contributed by atoms with E-state index in [2.05, 4.69) is 5.32 Å². The van der Waals surface area contributed by atoms with Gasteiger partial charge in [0.15, 0.2) is 0 Å². The van der Waals surface area contributed by atoms with Gasteiger partial charge in [0, 0.05) is 28.7 Å². The highest BCUT2D eigenvalue weighted by Gasteiger charge is 2.27. The van der Waals surface area contributed by atoms with Gasteiger partial charge in [0.1, 0.15) is 11.9 Å². The minimum Gasteiger partial charge on any atom is -0.354 e. The van der Waals surface area contributed by atoms with Gasteiger partial charge in [-0.2, -0.15) is 0 Å². The molecule has 0 aliphatic heterocycles. The van der Waals surface area contributed by atoms with Crippen LogP contribution in [0.4, 0.5) is 4.39 Å². The Morgan fingerprint density at radius 2 is 1.69 bits per heavy atom. The summed E-state index contributed by atoms with van der Waals surface area (Å²) in [7, 11) is 0. The summed E-state index contributed by atoms with van der Waals surface area (Å²) in [5.74, 6) is -0.973. The molecule has 0 spiro atoms. The van der Waals surface area contributed by atoms with Crippen molar-refractivity contribution in [3.05, 3.63) is 69.5 Å². The second-order valence-corrected chi connectivity index (χ2v) is 8.12. The Balaban J connectivity index is 2.29. The molecule has 1 N–H and O–H groups in total. The molecule has 2 aromatic carbocycles. The van der Waals surface area contributed by atoms with Crippen LogP contribution in [0, 0.1) is 11.7 Å². The van der Waals surface area contributed by atoms with E-state index >= 15 is 0 Å². The molecule has 0 aliphatic carbocycles. The van der Waals surface area contributed by atoms with Crippen LogP contribution in [0.15, 0.2) is 42.5 Å². The second-order valence-electron chi connectivity index (χ2n) is 7.31. The van der Waals surface area contributed by atoms with E-state index < -0.39 is 17.8 Å². The Bertz CT molecular complexity index is 853. The van der Waals surface area contributed by atoms with E-state index in [4.69, 9.17) is 23.2 Å². The molecule has 0 radical (unpaired) electrons. The van der Waals surface area contributed by atoms with Gasteiger partial charge >= 0.3 is 0 Å². The van der Waals surface area contributed by atoms with Crippen LogP contribution in [0.25, 0.3) is 0 Å². The minimum atomic E-state index is -0.761. The van der Waals surface area contributed by atoms with Gasteiger partial charge in [-0.15, -0.1) is 0 Å². The lowest BCUT2D eigenvalue weighted by molar-refractivity contribution is -0.140. The van der Waals surface area contributed by atoms with Crippen LogP contribution in [0.2, 0.25) is 10.0 Å². The van der Waals surface area contributed by atoms with E-state index in [0.717, 1.165) is 0 Å². The molecule has 7 heteroatoms. The van der Waals surface area contributed by atoms with Crippen molar-refractivity contribution < 1.29 is 14.0 Å². The van der Waals surface area contributed by atoms with Crippen LogP contribution >= 0.6 is 23.2 Å². The molecular weight excluding hydrogens is 414 g/mol. The lowest BCUT2D eigenvalue weighted by atomic mass is 10.1. The van der Waals surface area contributed by atoms with Gasteiger partial charge in [0.05, 0.1) is 6.42 Å². The summed E-state index contributed by atoms with van der Waals surface area (Å²) in [4.78, 5) is 27.1. The maximum absolute atomic E-state index is 14.2. The monoisotopic (exact) mass is 438 g/mol. The first-order valence-electron chi connectivity index (χ1n) is 9.44.